The van der Waals surface area contributed by atoms with Gasteiger partial charge in [-0.25, -0.2) is 4.98 Å². The molecule has 1 heterocycles. The minimum Gasteiger partial charge on any atom is -0.331 e. The van der Waals surface area contributed by atoms with E-state index in [1.54, 1.807) is 10.9 Å². The zero-order chi connectivity index (χ0) is 12.6. The number of carbonyl (C=O) groups is 1. The van der Waals surface area contributed by atoms with Crippen molar-refractivity contribution in [1.82, 2.24) is 9.55 Å². The van der Waals surface area contributed by atoms with Crippen LogP contribution in [0.4, 0.5) is 0 Å². The number of imidazole rings is 1. The number of aromatic nitrogens is 2. The van der Waals surface area contributed by atoms with Crippen LogP contribution in [-0.4, -0.2) is 15.8 Å². The highest BCUT2D eigenvalue weighted by molar-refractivity contribution is 5.85. The third kappa shape index (κ3) is 1.88. The van der Waals surface area contributed by atoms with E-state index in [9.17, 15) is 4.79 Å². The van der Waals surface area contributed by atoms with Crippen LogP contribution in [0.15, 0.2) is 18.5 Å². The summed E-state index contributed by atoms with van der Waals surface area (Å²) in [5, 5.41) is 0. The molecular formula is C14H16N2O. The van der Waals surface area contributed by atoms with E-state index in [1.165, 1.54) is 11.1 Å². The summed E-state index contributed by atoms with van der Waals surface area (Å²) in [5.41, 5.74) is 6.05. The van der Waals surface area contributed by atoms with E-state index < -0.39 is 0 Å². The number of carbonyl (C=O) groups excluding carboxylic acids is 1. The van der Waals surface area contributed by atoms with E-state index in [0.29, 0.717) is 5.69 Å². The van der Waals surface area contributed by atoms with E-state index in [-0.39, 0.29) is 0 Å². The van der Waals surface area contributed by atoms with Crippen LogP contribution in [0.3, 0.4) is 0 Å². The van der Waals surface area contributed by atoms with Gasteiger partial charge in [0.1, 0.15) is 5.69 Å². The van der Waals surface area contributed by atoms with Gasteiger partial charge in [-0.1, -0.05) is 6.07 Å². The molecule has 0 spiro atoms. The van der Waals surface area contributed by atoms with E-state index in [1.807, 2.05) is 14.0 Å². The first-order valence-electron chi connectivity index (χ1n) is 5.59. The van der Waals surface area contributed by atoms with Gasteiger partial charge >= 0.3 is 0 Å². The van der Waals surface area contributed by atoms with Gasteiger partial charge < -0.3 is 4.57 Å². The van der Waals surface area contributed by atoms with Crippen LogP contribution in [0.2, 0.25) is 0 Å². The molecule has 0 aliphatic rings. The van der Waals surface area contributed by atoms with Gasteiger partial charge in [-0.15, -0.1) is 0 Å². The maximum Gasteiger partial charge on any atom is 0.168 e. The highest BCUT2D eigenvalue weighted by Gasteiger charge is 2.13. The summed E-state index contributed by atoms with van der Waals surface area (Å²) in [6.45, 7) is 6.21. The number of aldehydes is 1. The van der Waals surface area contributed by atoms with Crippen molar-refractivity contribution in [2.75, 3.05) is 0 Å². The van der Waals surface area contributed by atoms with Gasteiger partial charge in [0.05, 0.1) is 12.0 Å². The lowest BCUT2D eigenvalue weighted by atomic mass is 9.98. The van der Waals surface area contributed by atoms with Crippen LogP contribution in [0, 0.1) is 20.8 Å². The zero-order valence-electron chi connectivity index (χ0n) is 10.6. The molecule has 0 N–H and O–H groups in total. The fraction of sp³-hybridized carbons (Fsp3) is 0.286. The number of nitrogens with zero attached hydrogens (tertiary/aromatic N) is 2. The fourth-order valence-corrected chi connectivity index (χ4v) is 2.00. The third-order valence-corrected chi connectivity index (χ3v) is 3.19. The minimum absolute atomic E-state index is 0.622. The molecule has 0 aliphatic carbocycles. The van der Waals surface area contributed by atoms with E-state index in [2.05, 4.69) is 31.0 Å². The molecule has 0 amide bonds. The molecule has 2 aromatic rings. The molecule has 2 rings (SSSR count). The summed E-state index contributed by atoms with van der Waals surface area (Å²) in [6, 6.07) is 4.23. The second kappa shape index (κ2) is 4.17. The van der Waals surface area contributed by atoms with Gasteiger partial charge in [0.2, 0.25) is 0 Å². The molecule has 3 heteroatoms. The van der Waals surface area contributed by atoms with Gasteiger partial charge in [-0.05, 0) is 43.5 Å². The second-order valence-electron chi connectivity index (χ2n) is 4.46. The van der Waals surface area contributed by atoms with Crippen molar-refractivity contribution in [3.05, 3.63) is 40.8 Å². The quantitative estimate of drug-likeness (QED) is 0.741. The summed E-state index contributed by atoms with van der Waals surface area (Å²) in [6.07, 6.45) is 2.53. The first kappa shape index (κ1) is 11.6. The normalized spacial score (nSPS) is 10.6. The lowest BCUT2D eigenvalue weighted by Crippen LogP contribution is -1.96. The second-order valence-corrected chi connectivity index (χ2v) is 4.46. The Morgan fingerprint density at radius 3 is 2.41 bits per heavy atom. The number of rotatable bonds is 2. The molecule has 0 unspecified atom stereocenters. The van der Waals surface area contributed by atoms with Crippen molar-refractivity contribution in [2.45, 2.75) is 20.8 Å². The van der Waals surface area contributed by atoms with Gasteiger partial charge in [0.15, 0.2) is 6.29 Å². The Labute approximate surface area is 101 Å². The van der Waals surface area contributed by atoms with Crippen molar-refractivity contribution in [2.24, 2.45) is 7.05 Å². The monoisotopic (exact) mass is 228 g/mol. The number of hydrogen-bond acceptors (Lipinski definition) is 2. The van der Waals surface area contributed by atoms with Gasteiger partial charge in [-0.3, -0.25) is 4.79 Å². The molecule has 0 saturated carbocycles. The molecule has 0 saturated heterocycles. The topological polar surface area (TPSA) is 34.9 Å². The Hall–Kier alpha value is -1.90. The number of benzene rings is 1. The Kier molecular flexibility index (Phi) is 2.84. The highest BCUT2D eigenvalue weighted by Crippen LogP contribution is 2.27. The molecule has 0 atom stereocenters. The van der Waals surface area contributed by atoms with Crippen LogP contribution in [0.5, 0.6) is 0 Å². The Morgan fingerprint density at radius 2 is 1.76 bits per heavy atom. The average Bonchev–Trinajstić information content (AvgIpc) is 2.64. The molecular weight excluding hydrogens is 212 g/mol. The zero-order valence-corrected chi connectivity index (χ0v) is 10.6. The van der Waals surface area contributed by atoms with Crippen molar-refractivity contribution in [3.63, 3.8) is 0 Å². The van der Waals surface area contributed by atoms with Crippen LogP contribution < -0.4 is 0 Å². The summed E-state index contributed by atoms with van der Waals surface area (Å²) < 4.78 is 1.75. The summed E-state index contributed by atoms with van der Waals surface area (Å²) in [5.74, 6) is 0. The number of aryl methyl sites for hydroxylation is 4. The largest absolute Gasteiger partial charge is 0.331 e. The van der Waals surface area contributed by atoms with Crippen molar-refractivity contribution in [1.29, 1.82) is 0 Å². The first-order chi connectivity index (χ1) is 8.04. The average molecular weight is 228 g/mol. The summed E-state index contributed by atoms with van der Waals surface area (Å²) >= 11 is 0. The van der Waals surface area contributed by atoms with Crippen molar-refractivity contribution in [3.8, 4) is 11.3 Å². The Balaban J connectivity index is 2.68. The molecule has 1 aromatic heterocycles. The van der Waals surface area contributed by atoms with E-state index in [0.717, 1.165) is 23.1 Å². The molecule has 88 valence electrons. The molecule has 0 aliphatic heterocycles. The van der Waals surface area contributed by atoms with Crippen molar-refractivity contribution < 1.29 is 4.79 Å². The smallest absolute Gasteiger partial charge is 0.168 e. The third-order valence-electron chi connectivity index (χ3n) is 3.19. The lowest BCUT2D eigenvalue weighted by molar-refractivity contribution is 0.111. The predicted molar refractivity (Wildman–Crippen MR) is 68.2 cm³/mol. The minimum atomic E-state index is 0.622. The predicted octanol–water partition coefficient (Wildman–Crippen LogP) is 2.82. The van der Waals surface area contributed by atoms with Crippen LogP contribution in [0.1, 0.15) is 27.2 Å². The van der Waals surface area contributed by atoms with Crippen LogP contribution in [0.25, 0.3) is 11.3 Å². The van der Waals surface area contributed by atoms with E-state index in [4.69, 9.17) is 0 Å². The summed E-state index contributed by atoms with van der Waals surface area (Å²) in [4.78, 5) is 15.4. The maximum atomic E-state index is 11.1. The highest BCUT2D eigenvalue weighted by atomic mass is 16.1. The van der Waals surface area contributed by atoms with Gasteiger partial charge in [-0.2, -0.15) is 0 Å². The summed E-state index contributed by atoms with van der Waals surface area (Å²) in [7, 11) is 1.83. The molecule has 17 heavy (non-hydrogen) atoms. The number of hydrogen-bond donors (Lipinski definition) is 0. The van der Waals surface area contributed by atoms with E-state index >= 15 is 0 Å². The SMILES string of the molecule is Cc1cc(C)c(-c2ncn(C)c2C=O)cc1C. The molecule has 0 bridgehead atoms. The molecule has 3 nitrogen and oxygen atoms in total. The molecule has 0 radical (unpaired) electrons. The fourth-order valence-electron chi connectivity index (χ4n) is 2.00. The van der Waals surface area contributed by atoms with Crippen LogP contribution in [-0.2, 0) is 7.05 Å². The Morgan fingerprint density at radius 1 is 1.12 bits per heavy atom. The van der Waals surface area contributed by atoms with Gasteiger partial charge in [0.25, 0.3) is 0 Å². The Bertz CT molecular complexity index is 582. The maximum absolute atomic E-state index is 11.1. The lowest BCUT2D eigenvalue weighted by Gasteiger charge is -2.08. The van der Waals surface area contributed by atoms with Crippen LogP contribution >= 0.6 is 0 Å². The standard InChI is InChI=1S/C14H16N2O/c1-9-5-11(3)12(6-10(9)2)14-13(7-17)16(4)8-15-14/h5-8H,1-4H3. The van der Waals surface area contributed by atoms with Gasteiger partial charge in [0, 0.05) is 12.6 Å². The first-order valence-corrected chi connectivity index (χ1v) is 5.59. The molecule has 1 aromatic carbocycles. The molecule has 0 fully saturated rings. The van der Waals surface area contributed by atoms with Crippen molar-refractivity contribution >= 4 is 6.29 Å².